The number of likely N-dealkylation sites (tertiary alicyclic amines) is 1. The highest BCUT2D eigenvalue weighted by atomic mass is 19.1. The van der Waals surface area contributed by atoms with Gasteiger partial charge in [0.25, 0.3) is 5.91 Å². The van der Waals surface area contributed by atoms with Gasteiger partial charge in [-0.3, -0.25) is 9.59 Å². The van der Waals surface area contributed by atoms with Crippen LogP contribution in [0.3, 0.4) is 0 Å². The van der Waals surface area contributed by atoms with Crippen molar-refractivity contribution in [3.05, 3.63) is 53.7 Å². The van der Waals surface area contributed by atoms with E-state index in [9.17, 15) is 14.0 Å². The molecule has 1 aromatic carbocycles. The Bertz CT molecular complexity index is 801. The third-order valence-electron chi connectivity index (χ3n) is 5.32. The van der Waals surface area contributed by atoms with Crippen LogP contribution in [0, 0.1) is 11.7 Å². The normalized spacial score (nSPS) is 26.1. The Morgan fingerprint density at radius 2 is 2.04 bits per heavy atom. The van der Waals surface area contributed by atoms with E-state index in [4.69, 9.17) is 4.52 Å². The van der Waals surface area contributed by atoms with Crippen LogP contribution in [0.25, 0.3) is 0 Å². The third-order valence-corrected chi connectivity index (χ3v) is 5.32. The van der Waals surface area contributed by atoms with Gasteiger partial charge < -0.3 is 14.7 Å². The maximum absolute atomic E-state index is 13.4. The maximum atomic E-state index is 13.4. The number of amides is 2. The predicted molar refractivity (Wildman–Crippen MR) is 85.9 cm³/mol. The molecule has 7 heteroatoms. The number of benzene rings is 1. The lowest BCUT2D eigenvalue weighted by Crippen LogP contribution is -2.55. The Balaban J connectivity index is 1.74. The minimum Gasteiger partial charge on any atom is -0.364 e. The molecule has 1 aromatic heterocycles. The van der Waals surface area contributed by atoms with E-state index in [-0.39, 0.29) is 35.7 Å². The molecule has 2 aliphatic rings. The summed E-state index contributed by atoms with van der Waals surface area (Å²) in [5.41, 5.74) is 0.352. The van der Waals surface area contributed by atoms with Gasteiger partial charge in [-0.1, -0.05) is 17.3 Å². The number of carbonyl (C=O) groups is 2. The van der Waals surface area contributed by atoms with Gasteiger partial charge in [0.2, 0.25) is 5.91 Å². The van der Waals surface area contributed by atoms with E-state index in [1.807, 2.05) is 0 Å². The van der Waals surface area contributed by atoms with Crippen LogP contribution in [-0.4, -0.2) is 35.0 Å². The summed E-state index contributed by atoms with van der Waals surface area (Å²) in [5, 5.41) is 6.60. The van der Waals surface area contributed by atoms with E-state index in [0.717, 1.165) is 18.4 Å². The molecule has 1 aliphatic carbocycles. The molecular formula is C18H18FN3O3. The molecule has 2 aromatic rings. The average Bonchev–Trinajstić information content (AvgIpc) is 3.22. The predicted octanol–water partition coefficient (Wildman–Crippen LogP) is 2.08. The zero-order chi connectivity index (χ0) is 17.6. The maximum Gasteiger partial charge on any atom is 0.273 e. The number of nitrogens with one attached hydrogen (secondary N) is 1. The smallest absolute Gasteiger partial charge is 0.273 e. The zero-order valence-electron chi connectivity index (χ0n) is 13.7. The summed E-state index contributed by atoms with van der Waals surface area (Å²) in [6.45, 7) is 0. The van der Waals surface area contributed by atoms with Crippen LogP contribution in [-0.2, 0) is 10.3 Å². The van der Waals surface area contributed by atoms with Crippen LogP contribution in [0.5, 0.6) is 0 Å². The molecule has 1 saturated heterocycles. The number of carbonyl (C=O) groups excluding carboxylic acids is 2. The van der Waals surface area contributed by atoms with Crippen molar-refractivity contribution in [2.75, 3.05) is 7.05 Å². The van der Waals surface area contributed by atoms with Crippen molar-refractivity contribution in [3.8, 4) is 0 Å². The van der Waals surface area contributed by atoms with E-state index in [1.165, 1.54) is 24.5 Å². The Hall–Kier alpha value is -2.70. The van der Waals surface area contributed by atoms with Crippen molar-refractivity contribution in [1.29, 1.82) is 0 Å². The van der Waals surface area contributed by atoms with Gasteiger partial charge in [0.05, 0.1) is 11.6 Å². The first-order valence-electron chi connectivity index (χ1n) is 8.27. The molecule has 0 radical (unpaired) electrons. The number of hydrogen-bond donors (Lipinski definition) is 1. The zero-order valence-corrected chi connectivity index (χ0v) is 13.7. The molecule has 0 spiro atoms. The Morgan fingerprint density at radius 3 is 2.64 bits per heavy atom. The fourth-order valence-corrected chi connectivity index (χ4v) is 4.06. The topological polar surface area (TPSA) is 75.4 Å². The first-order valence-corrected chi connectivity index (χ1v) is 8.27. The number of halogens is 1. The SMILES string of the molecule is CN1C(=O)CC(NC(=O)c2ccon2)C1(c1ccc(F)cc1)C1CC1. The number of hydrogen-bond acceptors (Lipinski definition) is 4. The molecule has 2 heterocycles. The molecule has 2 unspecified atom stereocenters. The fourth-order valence-electron chi connectivity index (χ4n) is 4.06. The van der Waals surface area contributed by atoms with Gasteiger partial charge in [0.15, 0.2) is 5.69 Å². The monoisotopic (exact) mass is 343 g/mol. The number of likely N-dealkylation sites (N-methyl/N-ethyl adjacent to an activating group) is 1. The average molecular weight is 343 g/mol. The molecule has 25 heavy (non-hydrogen) atoms. The highest BCUT2D eigenvalue weighted by molar-refractivity contribution is 5.93. The lowest BCUT2D eigenvalue weighted by Gasteiger charge is -2.41. The molecule has 0 bridgehead atoms. The molecule has 1 aliphatic heterocycles. The second-order valence-electron chi connectivity index (χ2n) is 6.67. The Kier molecular flexibility index (Phi) is 3.59. The van der Waals surface area contributed by atoms with E-state index in [2.05, 4.69) is 10.5 Å². The van der Waals surface area contributed by atoms with E-state index >= 15 is 0 Å². The van der Waals surface area contributed by atoms with Gasteiger partial charge in [0.1, 0.15) is 12.1 Å². The van der Waals surface area contributed by atoms with Crippen LogP contribution in [0.15, 0.2) is 41.1 Å². The Labute approximate surface area is 144 Å². The first kappa shape index (κ1) is 15.8. The highest BCUT2D eigenvalue weighted by Crippen LogP contribution is 2.54. The standard InChI is InChI=1S/C18H18FN3O3/c1-22-16(23)10-15(20-17(24)14-8-9-25-21-14)18(22,11-2-3-11)12-4-6-13(19)7-5-12/h4-9,11,15H,2-3,10H2,1H3,(H,20,24). The van der Waals surface area contributed by atoms with Gasteiger partial charge in [-0.25, -0.2) is 4.39 Å². The van der Waals surface area contributed by atoms with Crippen molar-refractivity contribution in [2.24, 2.45) is 5.92 Å². The summed E-state index contributed by atoms with van der Waals surface area (Å²) >= 11 is 0. The van der Waals surface area contributed by atoms with Gasteiger partial charge in [-0.05, 0) is 36.5 Å². The molecule has 130 valence electrons. The second kappa shape index (κ2) is 5.68. The molecule has 2 atom stereocenters. The summed E-state index contributed by atoms with van der Waals surface area (Å²) in [6, 6.07) is 7.27. The highest BCUT2D eigenvalue weighted by Gasteiger charge is 2.60. The van der Waals surface area contributed by atoms with Crippen molar-refractivity contribution in [3.63, 3.8) is 0 Å². The van der Waals surface area contributed by atoms with Crippen molar-refractivity contribution in [1.82, 2.24) is 15.4 Å². The van der Waals surface area contributed by atoms with Gasteiger partial charge in [-0.15, -0.1) is 0 Å². The van der Waals surface area contributed by atoms with Crippen molar-refractivity contribution in [2.45, 2.75) is 30.8 Å². The largest absolute Gasteiger partial charge is 0.364 e. The van der Waals surface area contributed by atoms with Gasteiger partial charge >= 0.3 is 0 Å². The van der Waals surface area contributed by atoms with E-state index in [1.54, 1.807) is 24.1 Å². The summed E-state index contributed by atoms with van der Waals surface area (Å²) in [5.74, 6) is -0.516. The minimum atomic E-state index is -0.663. The molecule has 2 amide bonds. The lowest BCUT2D eigenvalue weighted by molar-refractivity contribution is -0.130. The van der Waals surface area contributed by atoms with Crippen molar-refractivity contribution >= 4 is 11.8 Å². The molecule has 1 saturated carbocycles. The van der Waals surface area contributed by atoms with Crippen LogP contribution in [0.4, 0.5) is 4.39 Å². The third kappa shape index (κ3) is 2.42. The van der Waals surface area contributed by atoms with Crippen LogP contribution >= 0.6 is 0 Å². The minimum absolute atomic E-state index is 0.0401. The number of aromatic nitrogens is 1. The quantitative estimate of drug-likeness (QED) is 0.922. The molecule has 1 N–H and O–H groups in total. The number of rotatable bonds is 4. The van der Waals surface area contributed by atoms with Crippen molar-refractivity contribution < 1.29 is 18.5 Å². The molecule has 2 fully saturated rings. The first-order chi connectivity index (χ1) is 12.0. The fraction of sp³-hybridized carbons (Fsp3) is 0.389. The second-order valence-corrected chi connectivity index (χ2v) is 6.67. The van der Waals surface area contributed by atoms with Crippen LogP contribution < -0.4 is 5.32 Å². The Morgan fingerprint density at radius 1 is 1.32 bits per heavy atom. The number of nitrogens with zero attached hydrogens (tertiary/aromatic N) is 2. The summed E-state index contributed by atoms with van der Waals surface area (Å²) in [7, 11) is 1.76. The molecular weight excluding hydrogens is 325 g/mol. The van der Waals surface area contributed by atoms with E-state index < -0.39 is 11.6 Å². The summed E-state index contributed by atoms with van der Waals surface area (Å²) in [6.07, 6.45) is 3.46. The summed E-state index contributed by atoms with van der Waals surface area (Å²) in [4.78, 5) is 26.7. The van der Waals surface area contributed by atoms with Gasteiger partial charge in [0, 0.05) is 19.5 Å². The lowest BCUT2D eigenvalue weighted by atomic mass is 9.79. The molecule has 6 nitrogen and oxygen atoms in total. The van der Waals surface area contributed by atoms with Gasteiger partial charge in [-0.2, -0.15) is 0 Å². The van der Waals surface area contributed by atoms with Crippen LogP contribution in [0.1, 0.15) is 35.3 Å². The molecule has 4 rings (SSSR count). The van der Waals surface area contributed by atoms with E-state index in [0.29, 0.717) is 0 Å². The summed E-state index contributed by atoms with van der Waals surface area (Å²) < 4.78 is 18.1. The van der Waals surface area contributed by atoms with Crippen LogP contribution in [0.2, 0.25) is 0 Å².